The molecule has 1 aromatic carbocycles. The number of hydrogen-bond acceptors (Lipinski definition) is 6. The van der Waals surface area contributed by atoms with Gasteiger partial charge in [-0.2, -0.15) is 10.2 Å². The van der Waals surface area contributed by atoms with E-state index in [4.69, 9.17) is 16.3 Å². The molecule has 0 saturated heterocycles. The molecule has 0 bridgehead atoms. The predicted molar refractivity (Wildman–Crippen MR) is 68.7 cm³/mol. The number of nitro groups is 1. The first-order chi connectivity index (χ1) is 8.95. The van der Waals surface area contributed by atoms with Gasteiger partial charge in [-0.15, -0.1) is 0 Å². The van der Waals surface area contributed by atoms with Gasteiger partial charge in [0.2, 0.25) is 0 Å². The molecule has 0 saturated carbocycles. The zero-order chi connectivity index (χ0) is 14.4. The van der Waals surface area contributed by atoms with Gasteiger partial charge >= 0.3 is 5.97 Å². The molecule has 0 aliphatic heterocycles. The molecule has 1 unspecified atom stereocenters. The Morgan fingerprint density at radius 2 is 2.26 bits per heavy atom. The lowest BCUT2D eigenvalue weighted by Gasteiger charge is -2.04. The third kappa shape index (κ3) is 4.29. The molecular formula is C11H12ClN3O4. The number of esters is 1. The molecule has 0 spiro atoms. The minimum Gasteiger partial charge on any atom is -0.464 e. The Morgan fingerprint density at radius 3 is 2.79 bits per heavy atom. The summed E-state index contributed by atoms with van der Waals surface area (Å²) in [5.74, 6) is -0.496. The average molecular weight is 286 g/mol. The highest BCUT2D eigenvalue weighted by molar-refractivity contribution is 6.33. The first-order valence-electron chi connectivity index (χ1n) is 5.47. The highest BCUT2D eigenvalue weighted by atomic mass is 35.5. The van der Waals surface area contributed by atoms with Crippen LogP contribution in [-0.4, -0.2) is 23.5 Å². The first kappa shape index (κ1) is 15.0. The Bertz CT molecular complexity index is 519. The van der Waals surface area contributed by atoms with Gasteiger partial charge in [0.25, 0.3) is 5.69 Å². The largest absolute Gasteiger partial charge is 0.464 e. The molecule has 0 aliphatic carbocycles. The molecule has 0 N–H and O–H groups in total. The smallest absolute Gasteiger partial charge is 0.332 e. The molecule has 8 heteroatoms. The normalized spacial score (nSPS) is 12.4. The van der Waals surface area contributed by atoms with Crippen molar-refractivity contribution in [3.63, 3.8) is 0 Å². The lowest BCUT2D eigenvalue weighted by molar-refractivity contribution is -0.384. The van der Waals surface area contributed by atoms with Crippen LogP contribution in [0.4, 0.5) is 11.4 Å². The second-order valence-corrected chi connectivity index (χ2v) is 3.94. The van der Waals surface area contributed by atoms with Gasteiger partial charge in [-0.3, -0.25) is 10.1 Å². The van der Waals surface area contributed by atoms with Crippen molar-refractivity contribution in [1.82, 2.24) is 0 Å². The SMILES string of the molecule is CCOC(=O)C(C)N=Nc1ccc([N+](=O)[O-])cc1Cl. The van der Waals surface area contributed by atoms with Crippen molar-refractivity contribution in [2.24, 2.45) is 10.2 Å². The minimum atomic E-state index is -0.758. The molecule has 19 heavy (non-hydrogen) atoms. The fourth-order valence-electron chi connectivity index (χ4n) is 1.15. The molecule has 0 aliphatic rings. The molecule has 7 nitrogen and oxygen atoms in total. The molecule has 0 radical (unpaired) electrons. The van der Waals surface area contributed by atoms with E-state index in [0.29, 0.717) is 0 Å². The number of carbonyl (C=O) groups excluding carboxylic acids is 1. The zero-order valence-electron chi connectivity index (χ0n) is 10.4. The van der Waals surface area contributed by atoms with E-state index in [2.05, 4.69) is 10.2 Å². The first-order valence-corrected chi connectivity index (χ1v) is 5.85. The quantitative estimate of drug-likeness (QED) is 0.359. The summed E-state index contributed by atoms with van der Waals surface area (Å²) in [7, 11) is 0. The molecule has 102 valence electrons. The third-order valence-electron chi connectivity index (χ3n) is 2.11. The van der Waals surface area contributed by atoms with Crippen molar-refractivity contribution in [2.45, 2.75) is 19.9 Å². The predicted octanol–water partition coefficient (Wildman–Crippen LogP) is 3.28. The Morgan fingerprint density at radius 1 is 1.58 bits per heavy atom. The lowest BCUT2D eigenvalue weighted by atomic mass is 10.3. The summed E-state index contributed by atoms with van der Waals surface area (Å²) in [5.41, 5.74) is 0.116. The second-order valence-electron chi connectivity index (χ2n) is 3.54. The van der Waals surface area contributed by atoms with Crippen LogP contribution >= 0.6 is 11.6 Å². The number of benzene rings is 1. The van der Waals surface area contributed by atoms with E-state index < -0.39 is 16.9 Å². The summed E-state index contributed by atoms with van der Waals surface area (Å²) >= 11 is 5.82. The molecule has 0 amide bonds. The van der Waals surface area contributed by atoms with E-state index in [-0.39, 0.29) is 23.0 Å². The van der Waals surface area contributed by atoms with E-state index in [0.717, 1.165) is 0 Å². The van der Waals surface area contributed by atoms with Crippen LogP contribution in [-0.2, 0) is 9.53 Å². The van der Waals surface area contributed by atoms with Gasteiger partial charge in [0.1, 0.15) is 5.69 Å². The van der Waals surface area contributed by atoms with Crippen LogP contribution in [0.5, 0.6) is 0 Å². The number of non-ortho nitro benzene ring substituents is 1. The van der Waals surface area contributed by atoms with Crippen LogP contribution in [0.3, 0.4) is 0 Å². The molecule has 1 aromatic rings. The summed E-state index contributed by atoms with van der Waals surface area (Å²) in [4.78, 5) is 21.3. The van der Waals surface area contributed by atoms with Gasteiger partial charge in [0.15, 0.2) is 6.04 Å². The molecule has 1 atom stereocenters. The maximum Gasteiger partial charge on any atom is 0.332 e. The van der Waals surface area contributed by atoms with Crippen molar-refractivity contribution in [3.05, 3.63) is 33.3 Å². The van der Waals surface area contributed by atoms with Crippen LogP contribution in [0.25, 0.3) is 0 Å². The molecule has 0 heterocycles. The molecule has 1 rings (SSSR count). The topological polar surface area (TPSA) is 94.2 Å². The van der Waals surface area contributed by atoms with Crippen molar-refractivity contribution in [1.29, 1.82) is 0 Å². The Kier molecular flexibility index (Phi) is 5.37. The number of nitro benzene ring substituents is 1. The number of nitrogens with zero attached hydrogens (tertiary/aromatic N) is 3. The van der Waals surface area contributed by atoms with Crippen molar-refractivity contribution >= 4 is 28.9 Å². The zero-order valence-corrected chi connectivity index (χ0v) is 11.1. The second kappa shape index (κ2) is 6.79. The number of rotatable bonds is 5. The van der Waals surface area contributed by atoms with Crippen LogP contribution in [0.1, 0.15) is 13.8 Å². The van der Waals surface area contributed by atoms with Gasteiger partial charge in [-0.1, -0.05) is 11.6 Å². The van der Waals surface area contributed by atoms with Crippen molar-refractivity contribution in [3.8, 4) is 0 Å². The third-order valence-corrected chi connectivity index (χ3v) is 2.41. The molecular weight excluding hydrogens is 274 g/mol. The highest BCUT2D eigenvalue weighted by Crippen LogP contribution is 2.29. The fourth-order valence-corrected chi connectivity index (χ4v) is 1.36. The molecule has 0 aromatic heterocycles. The van der Waals surface area contributed by atoms with E-state index in [9.17, 15) is 14.9 Å². The van der Waals surface area contributed by atoms with Gasteiger partial charge in [-0.25, -0.2) is 4.79 Å². The van der Waals surface area contributed by atoms with Gasteiger partial charge < -0.3 is 4.74 Å². The summed E-state index contributed by atoms with van der Waals surface area (Å²) in [6.07, 6.45) is 0. The van der Waals surface area contributed by atoms with Gasteiger partial charge in [0.05, 0.1) is 16.6 Å². The van der Waals surface area contributed by atoms with Crippen molar-refractivity contribution in [2.75, 3.05) is 6.61 Å². The maximum absolute atomic E-state index is 11.3. The average Bonchev–Trinajstić information content (AvgIpc) is 2.36. The Balaban J connectivity index is 2.82. The van der Waals surface area contributed by atoms with Gasteiger partial charge in [0, 0.05) is 12.1 Å². The summed E-state index contributed by atoms with van der Waals surface area (Å²) in [5, 5.41) is 18.1. The van der Waals surface area contributed by atoms with Crippen LogP contribution in [0.2, 0.25) is 5.02 Å². The van der Waals surface area contributed by atoms with Crippen molar-refractivity contribution < 1.29 is 14.5 Å². The monoisotopic (exact) mass is 285 g/mol. The van der Waals surface area contributed by atoms with E-state index in [1.54, 1.807) is 6.92 Å². The Hall–Kier alpha value is -2.02. The highest BCUT2D eigenvalue weighted by Gasteiger charge is 2.13. The van der Waals surface area contributed by atoms with E-state index >= 15 is 0 Å². The summed E-state index contributed by atoms with van der Waals surface area (Å²) in [6.45, 7) is 3.48. The maximum atomic E-state index is 11.3. The van der Waals surface area contributed by atoms with E-state index in [1.165, 1.54) is 25.1 Å². The van der Waals surface area contributed by atoms with Gasteiger partial charge in [-0.05, 0) is 19.9 Å². The molecule has 0 fully saturated rings. The number of azo groups is 1. The van der Waals surface area contributed by atoms with Crippen LogP contribution in [0.15, 0.2) is 28.4 Å². The van der Waals surface area contributed by atoms with Crippen LogP contribution < -0.4 is 0 Å². The number of halogens is 1. The summed E-state index contributed by atoms with van der Waals surface area (Å²) < 4.78 is 4.76. The number of hydrogen-bond donors (Lipinski definition) is 0. The fraction of sp³-hybridized carbons (Fsp3) is 0.364. The number of carbonyl (C=O) groups is 1. The standard InChI is InChI=1S/C11H12ClN3O4/c1-3-19-11(16)7(2)13-14-10-5-4-8(15(17)18)6-9(10)12/h4-7H,3H2,1-2H3. The Labute approximate surface area is 114 Å². The lowest BCUT2D eigenvalue weighted by Crippen LogP contribution is -2.17. The van der Waals surface area contributed by atoms with E-state index in [1.807, 2.05) is 0 Å². The van der Waals surface area contributed by atoms with Crippen LogP contribution in [0, 0.1) is 10.1 Å². The number of ether oxygens (including phenoxy) is 1. The minimum absolute atomic E-state index is 0.0917. The summed E-state index contributed by atoms with van der Waals surface area (Å²) in [6, 6.07) is 3.04.